The number of hydrogen-bond donors (Lipinski definition) is 2. The Morgan fingerprint density at radius 2 is 1.55 bits per heavy atom. The SMILES string of the molecule is N#Cc1ccc(O[C@]2(Oc3ccc([N+](=O)[O-])c(O)c3)[C@H]3C[N@]4C[C@H]2C[N@](C3)C4)cc1O. The highest BCUT2D eigenvalue weighted by Crippen LogP contribution is 2.46. The predicted octanol–water partition coefficient (Wildman–Crippen LogP) is 1.87. The summed E-state index contributed by atoms with van der Waals surface area (Å²) in [5.41, 5.74) is -0.258. The molecule has 160 valence electrons. The van der Waals surface area contributed by atoms with E-state index in [4.69, 9.17) is 14.7 Å². The van der Waals surface area contributed by atoms with E-state index in [1.165, 1.54) is 30.3 Å². The standard InChI is InChI=1S/C21H20N4O6/c22-7-13-1-2-16(5-19(13)26)30-21(14-8-23-10-15(21)11-24(9-14)12-23)31-17-3-4-18(25(28)29)20(27)6-17/h1-6,14-15,26-27H,8-12H2/t14-,15-. The summed E-state index contributed by atoms with van der Waals surface area (Å²) in [5.74, 6) is -1.17. The minimum Gasteiger partial charge on any atom is -0.506 e. The van der Waals surface area contributed by atoms with Gasteiger partial charge in [0.05, 0.1) is 29.0 Å². The summed E-state index contributed by atoms with van der Waals surface area (Å²) < 4.78 is 12.8. The molecule has 4 bridgehead atoms. The molecule has 31 heavy (non-hydrogen) atoms. The van der Waals surface area contributed by atoms with E-state index in [2.05, 4.69) is 9.80 Å². The largest absolute Gasteiger partial charge is 0.506 e. The monoisotopic (exact) mass is 424 g/mol. The second kappa shape index (κ2) is 7.01. The molecule has 0 unspecified atom stereocenters. The number of aromatic hydroxyl groups is 2. The van der Waals surface area contributed by atoms with Gasteiger partial charge in [0.1, 0.15) is 23.3 Å². The molecule has 0 atom stereocenters. The van der Waals surface area contributed by atoms with Crippen LogP contribution in [0.4, 0.5) is 5.69 Å². The lowest BCUT2D eigenvalue weighted by Gasteiger charge is -2.61. The Kier molecular flexibility index (Phi) is 4.39. The fraction of sp³-hybridized carbons (Fsp3) is 0.381. The number of nitriles is 1. The van der Waals surface area contributed by atoms with Gasteiger partial charge in [0.2, 0.25) is 0 Å². The average molecular weight is 424 g/mol. The first-order valence-electron chi connectivity index (χ1n) is 9.91. The molecule has 4 heterocycles. The Morgan fingerprint density at radius 1 is 1.00 bits per heavy atom. The van der Waals surface area contributed by atoms with Gasteiger partial charge in [-0.2, -0.15) is 5.26 Å². The minimum absolute atomic E-state index is 0.0242. The van der Waals surface area contributed by atoms with Gasteiger partial charge in [-0.3, -0.25) is 19.9 Å². The molecule has 2 aromatic carbocycles. The van der Waals surface area contributed by atoms with E-state index in [0.29, 0.717) is 5.75 Å². The van der Waals surface area contributed by atoms with E-state index in [1.54, 1.807) is 6.07 Å². The number of phenolic OH excluding ortho intramolecular Hbond substituents is 2. The zero-order chi connectivity index (χ0) is 21.8. The predicted molar refractivity (Wildman–Crippen MR) is 107 cm³/mol. The van der Waals surface area contributed by atoms with Crippen molar-refractivity contribution < 1.29 is 24.6 Å². The summed E-state index contributed by atoms with van der Waals surface area (Å²) >= 11 is 0. The Labute approximate surface area is 177 Å². The highest BCUT2D eigenvalue weighted by atomic mass is 16.7. The summed E-state index contributed by atoms with van der Waals surface area (Å²) in [6.45, 7) is 3.93. The van der Waals surface area contributed by atoms with Crippen molar-refractivity contribution in [2.75, 3.05) is 32.8 Å². The number of ether oxygens (including phenoxy) is 2. The Balaban J connectivity index is 1.53. The highest BCUT2D eigenvalue weighted by molar-refractivity contribution is 5.50. The van der Waals surface area contributed by atoms with Crippen LogP contribution in [-0.2, 0) is 0 Å². The van der Waals surface area contributed by atoms with Crippen molar-refractivity contribution in [1.82, 2.24) is 9.80 Å². The molecule has 4 aliphatic heterocycles. The number of rotatable bonds is 5. The van der Waals surface area contributed by atoms with Gasteiger partial charge in [-0.05, 0) is 18.2 Å². The fourth-order valence-corrected chi connectivity index (χ4v) is 4.98. The van der Waals surface area contributed by atoms with E-state index in [1.807, 2.05) is 6.07 Å². The molecule has 0 spiro atoms. The Bertz CT molecular complexity index is 1070. The quantitative estimate of drug-likeness (QED) is 0.419. The molecule has 4 aliphatic rings. The van der Waals surface area contributed by atoms with Crippen molar-refractivity contribution in [3.8, 4) is 29.1 Å². The second-order valence-electron chi connectivity index (χ2n) is 8.23. The molecule has 4 fully saturated rings. The molecule has 10 nitrogen and oxygen atoms in total. The van der Waals surface area contributed by atoms with Gasteiger partial charge in [0.25, 0.3) is 5.79 Å². The number of nitro groups is 1. The van der Waals surface area contributed by atoms with Gasteiger partial charge in [-0.25, -0.2) is 0 Å². The first kappa shape index (κ1) is 19.4. The third-order valence-electron chi connectivity index (χ3n) is 6.24. The molecule has 0 aromatic heterocycles. The summed E-state index contributed by atoms with van der Waals surface area (Å²) in [5, 5.41) is 40.3. The van der Waals surface area contributed by atoms with E-state index < -0.39 is 22.1 Å². The maximum Gasteiger partial charge on any atom is 0.310 e. The summed E-state index contributed by atoms with van der Waals surface area (Å²) in [6, 6.07) is 10.3. The molecule has 0 radical (unpaired) electrons. The van der Waals surface area contributed by atoms with Crippen molar-refractivity contribution in [2.45, 2.75) is 5.79 Å². The van der Waals surface area contributed by atoms with Crippen LogP contribution in [0.5, 0.6) is 23.0 Å². The van der Waals surface area contributed by atoms with Crippen LogP contribution in [0.2, 0.25) is 0 Å². The second-order valence-corrected chi connectivity index (χ2v) is 8.23. The summed E-state index contributed by atoms with van der Waals surface area (Å²) in [6.07, 6.45) is 0. The minimum atomic E-state index is -1.09. The molecule has 6 rings (SSSR count). The Morgan fingerprint density at radius 3 is 2.03 bits per heavy atom. The van der Waals surface area contributed by atoms with Crippen molar-refractivity contribution in [2.24, 2.45) is 11.8 Å². The van der Waals surface area contributed by atoms with Crippen molar-refractivity contribution in [1.29, 1.82) is 5.26 Å². The lowest BCUT2D eigenvalue weighted by molar-refractivity contribution is -0.385. The fourth-order valence-electron chi connectivity index (χ4n) is 4.98. The number of nitrogens with zero attached hydrogens (tertiary/aromatic N) is 4. The van der Waals surface area contributed by atoms with Gasteiger partial charge in [-0.1, -0.05) is 0 Å². The summed E-state index contributed by atoms with van der Waals surface area (Å²) in [7, 11) is 0. The molecule has 0 amide bonds. The van der Waals surface area contributed by atoms with Crippen LogP contribution >= 0.6 is 0 Å². The van der Waals surface area contributed by atoms with E-state index in [-0.39, 0.29) is 28.9 Å². The van der Waals surface area contributed by atoms with Crippen LogP contribution in [0.15, 0.2) is 36.4 Å². The van der Waals surface area contributed by atoms with Crippen LogP contribution in [0.25, 0.3) is 0 Å². The van der Waals surface area contributed by atoms with E-state index in [9.17, 15) is 20.3 Å². The van der Waals surface area contributed by atoms with E-state index in [0.717, 1.165) is 32.8 Å². The zero-order valence-electron chi connectivity index (χ0n) is 16.5. The molecular weight excluding hydrogens is 404 g/mol. The normalized spacial score (nSPS) is 30.5. The maximum atomic E-state index is 11.0. The van der Waals surface area contributed by atoms with Crippen LogP contribution < -0.4 is 9.47 Å². The van der Waals surface area contributed by atoms with Crippen molar-refractivity contribution >= 4 is 5.69 Å². The first-order valence-corrected chi connectivity index (χ1v) is 9.91. The van der Waals surface area contributed by atoms with Crippen molar-refractivity contribution in [3.05, 3.63) is 52.1 Å². The van der Waals surface area contributed by atoms with Gasteiger partial charge in [0.15, 0.2) is 5.75 Å². The topological polar surface area (TPSA) is 132 Å². The van der Waals surface area contributed by atoms with E-state index >= 15 is 0 Å². The highest BCUT2D eigenvalue weighted by Gasteiger charge is 2.60. The van der Waals surface area contributed by atoms with Gasteiger partial charge in [0, 0.05) is 44.4 Å². The molecular formula is C21H20N4O6. The number of benzene rings is 2. The third-order valence-corrected chi connectivity index (χ3v) is 6.24. The zero-order valence-corrected chi connectivity index (χ0v) is 16.5. The smallest absolute Gasteiger partial charge is 0.310 e. The molecule has 0 aliphatic carbocycles. The van der Waals surface area contributed by atoms with Crippen LogP contribution in [0.3, 0.4) is 0 Å². The van der Waals surface area contributed by atoms with Gasteiger partial charge in [-0.15, -0.1) is 0 Å². The summed E-state index contributed by atoms with van der Waals surface area (Å²) in [4.78, 5) is 15.0. The lowest BCUT2D eigenvalue weighted by Crippen LogP contribution is -2.76. The molecule has 2 N–H and O–H groups in total. The van der Waals surface area contributed by atoms with Gasteiger partial charge >= 0.3 is 5.69 Å². The maximum absolute atomic E-state index is 11.0. The Hall–Kier alpha value is -3.55. The van der Waals surface area contributed by atoms with Crippen LogP contribution in [0, 0.1) is 33.3 Å². The lowest BCUT2D eigenvalue weighted by atomic mass is 9.76. The number of hydrogen-bond acceptors (Lipinski definition) is 9. The van der Waals surface area contributed by atoms with Crippen LogP contribution in [-0.4, -0.2) is 63.6 Å². The molecule has 0 saturated carbocycles. The molecule has 10 heteroatoms. The third kappa shape index (κ3) is 3.19. The number of phenols is 2. The number of piperidine rings is 2. The molecule has 2 aromatic rings. The van der Waals surface area contributed by atoms with Crippen LogP contribution in [0.1, 0.15) is 5.56 Å². The first-order chi connectivity index (χ1) is 14.9. The van der Waals surface area contributed by atoms with Crippen molar-refractivity contribution in [3.63, 3.8) is 0 Å². The molecule has 4 saturated heterocycles. The van der Waals surface area contributed by atoms with Gasteiger partial charge < -0.3 is 19.7 Å². The average Bonchev–Trinajstić information content (AvgIpc) is 2.71. The number of nitro benzene ring substituents is 1.